The molecular formula is C11H14N4O2S. The minimum atomic E-state index is -0.0136. The van der Waals surface area contributed by atoms with Crippen LogP contribution in [-0.2, 0) is 0 Å². The minimum absolute atomic E-state index is 0.0136. The van der Waals surface area contributed by atoms with Gasteiger partial charge in [-0.25, -0.2) is 0 Å². The van der Waals surface area contributed by atoms with Gasteiger partial charge in [-0.05, 0) is 38.6 Å². The van der Waals surface area contributed by atoms with Crippen LogP contribution >= 0.6 is 11.8 Å². The molecular weight excluding hydrogens is 252 g/mol. The van der Waals surface area contributed by atoms with Crippen LogP contribution in [0, 0.1) is 6.92 Å². The van der Waals surface area contributed by atoms with E-state index in [2.05, 4.69) is 15.0 Å². The first-order chi connectivity index (χ1) is 8.54. The number of ether oxygens (including phenoxy) is 1. The molecule has 0 aliphatic carbocycles. The van der Waals surface area contributed by atoms with E-state index in [4.69, 9.17) is 14.9 Å². The average molecular weight is 266 g/mol. The molecule has 2 aromatic rings. The van der Waals surface area contributed by atoms with E-state index in [1.807, 2.05) is 26.8 Å². The summed E-state index contributed by atoms with van der Waals surface area (Å²) in [5.74, 6) is 0.953. The average Bonchev–Trinajstić information content (AvgIpc) is 2.62. The van der Waals surface area contributed by atoms with E-state index < -0.39 is 0 Å². The number of rotatable bonds is 4. The summed E-state index contributed by atoms with van der Waals surface area (Å²) < 4.78 is 10.6. The van der Waals surface area contributed by atoms with Crippen molar-refractivity contribution in [3.8, 4) is 6.01 Å². The SMILES string of the molecule is Cc1occc1Sc1nc(N)nc(OC(C)C)n1. The number of hydrogen-bond donors (Lipinski definition) is 1. The summed E-state index contributed by atoms with van der Waals surface area (Å²) in [4.78, 5) is 13.1. The number of anilines is 1. The Hall–Kier alpha value is -1.76. The maximum Gasteiger partial charge on any atom is 0.322 e. The van der Waals surface area contributed by atoms with E-state index in [1.54, 1.807) is 6.26 Å². The Morgan fingerprint density at radius 3 is 2.72 bits per heavy atom. The fourth-order valence-electron chi connectivity index (χ4n) is 1.24. The Labute approximate surface area is 109 Å². The highest BCUT2D eigenvalue weighted by molar-refractivity contribution is 7.99. The maximum atomic E-state index is 5.62. The predicted molar refractivity (Wildman–Crippen MR) is 67.6 cm³/mol. The zero-order valence-corrected chi connectivity index (χ0v) is 11.2. The molecule has 0 aliphatic rings. The largest absolute Gasteiger partial charge is 0.468 e. The van der Waals surface area contributed by atoms with Gasteiger partial charge in [0, 0.05) is 0 Å². The van der Waals surface area contributed by atoms with Gasteiger partial charge in [0.05, 0.1) is 17.3 Å². The van der Waals surface area contributed by atoms with E-state index in [9.17, 15) is 0 Å². The van der Waals surface area contributed by atoms with E-state index in [-0.39, 0.29) is 18.1 Å². The van der Waals surface area contributed by atoms with Crippen molar-refractivity contribution in [1.82, 2.24) is 15.0 Å². The standard InChI is InChI=1S/C11H14N4O2S/c1-6(2)17-10-13-9(12)14-11(15-10)18-8-4-5-16-7(8)3/h4-6H,1-3H3,(H2,12,13,14,15). The molecule has 0 radical (unpaired) electrons. The number of aromatic nitrogens is 3. The number of nitrogen functional groups attached to an aromatic ring is 1. The van der Waals surface area contributed by atoms with Gasteiger partial charge in [-0.2, -0.15) is 15.0 Å². The Kier molecular flexibility index (Phi) is 3.71. The Balaban J connectivity index is 2.23. The first-order valence-electron chi connectivity index (χ1n) is 5.44. The van der Waals surface area contributed by atoms with Gasteiger partial charge >= 0.3 is 6.01 Å². The summed E-state index contributed by atoms with van der Waals surface area (Å²) in [6, 6.07) is 2.09. The van der Waals surface area contributed by atoms with Crippen molar-refractivity contribution in [2.24, 2.45) is 0 Å². The van der Waals surface area contributed by atoms with Gasteiger partial charge in [-0.15, -0.1) is 0 Å². The van der Waals surface area contributed by atoms with Crippen LogP contribution < -0.4 is 10.5 Å². The molecule has 18 heavy (non-hydrogen) atoms. The van der Waals surface area contributed by atoms with Gasteiger partial charge in [0.15, 0.2) is 0 Å². The summed E-state index contributed by atoms with van der Waals surface area (Å²) in [6.45, 7) is 5.67. The summed E-state index contributed by atoms with van der Waals surface area (Å²) in [7, 11) is 0. The molecule has 0 aliphatic heterocycles. The van der Waals surface area contributed by atoms with Crippen LogP contribution in [0.25, 0.3) is 0 Å². The molecule has 0 aromatic carbocycles. The number of nitrogens with two attached hydrogens (primary N) is 1. The predicted octanol–water partition coefficient (Wildman–Crippen LogP) is 2.29. The molecule has 0 saturated heterocycles. The zero-order valence-electron chi connectivity index (χ0n) is 10.4. The number of aryl methyl sites for hydroxylation is 1. The minimum Gasteiger partial charge on any atom is -0.468 e. The molecule has 96 valence electrons. The maximum absolute atomic E-state index is 5.62. The van der Waals surface area contributed by atoms with E-state index >= 15 is 0 Å². The third-order valence-electron chi connectivity index (χ3n) is 1.97. The topological polar surface area (TPSA) is 87.1 Å². The van der Waals surface area contributed by atoms with Gasteiger partial charge in [-0.3, -0.25) is 0 Å². The zero-order chi connectivity index (χ0) is 13.1. The summed E-state index contributed by atoms with van der Waals surface area (Å²) in [6.07, 6.45) is 1.61. The third kappa shape index (κ3) is 3.13. The Morgan fingerprint density at radius 2 is 2.11 bits per heavy atom. The number of nitrogens with zero attached hydrogens (tertiary/aromatic N) is 3. The van der Waals surface area contributed by atoms with Crippen molar-refractivity contribution in [1.29, 1.82) is 0 Å². The Morgan fingerprint density at radius 1 is 1.33 bits per heavy atom. The first-order valence-corrected chi connectivity index (χ1v) is 6.26. The molecule has 2 rings (SSSR count). The second kappa shape index (κ2) is 5.26. The molecule has 7 heteroatoms. The molecule has 0 unspecified atom stereocenters. The molecule has 0 atom stereocenters. The van der Waals surface area contributed by atoms with E-state index in [0.29, 0.717) is 5.16 Å². The number of hydrogen-bond acceptors (Lipinski definition) is 7. The van der Waals surface area contributed by atoms with Crippen LogP contribution in [0.1, 0.15) is 19.6 Å². The van der Waals surface area contributed by atoms with E-state index in [1.165, 1.54) is 11.8 Å². The quantitative estimate of drug-likeness (QED) is 0.908. The fraction of sp³-hybridized carbons (Fsp3) is 0.364. The lowest BCUT2D eigenvalue weighted by Crippen LogP contribution is -2.10. The van der Waals surface area contributed by atoms with Crippen molar-refractivity contribution in [3.05, 3.63) is 18.1 Å². The van der Waals surface area contributed by atoms with Gasteiger partial charge in [0.1, 0.15) is 5.76 Å². The van der Waals surface area contributed by atoms with Crippen molar-refractivity contribution in [2.75, 3.05) is 5.73 Å². The highest BCUT2D eigenvalue weighted by atomic mass is 32.2. The molecule has 0 amide bonds. The van der Waals surface area contributed by atoms with Crippen LogP contribution in [0.4, 0.5) is 5.95 Å². The molecule has 2 N–H and O–H groups in total. The van der Waals surface area contributed by atoms with Gasteiger partial charge in [0.2, 0.25) is 11.1 Å². The second-order valence-electron chi connectivity index (χ2n) is 3.87. The van der Waals surface area contributed by atoms with Crippen molar-refractivity contribution >= 4 is 17.7 Å². The summed E-state index contributed by atoms with van der Waals surface area (Å²) >= 11 is 1.36. The van der Waals surface area contributed by atoms with E-state index in [0.717, 1.165) is 10.7 Å². The number of furan rings is 1. The van der Waals surface area contributed by atoms with Crippen molar-refractivity contribution < 1.29 is 9.15 Å². The highest BCUT2D eigenvalue weighted by Crippen LogP contribution is 2.29. The van der Waals surface area contributed by atoms with Crippen LogP contribution in [0.15, 0.2) is 26.8 Å². The fourth-order valence-corrected chi connectivity index (χ4v) is 2.01. The van der Waals surface area contributed by atoms with Crippen LogP contribution in [0.2, 0.25) is 0 Å². The lowest BCUT2D eigenvalue weighted by atomic mass is 10.5. The van der Waals surface area contributed by atoms with Gasteiger partial charge in [0.25, 0.3) is 0 Å². The summed E-state index contributed by atoms with van der Waals surface area (Å²) in [5.41, 5.74) is 5.62. The molecule has 0 fully saturated rings. The molecule has 0 bridgehead atoms. The summed E-state index contributed by atoms with van der Waals surface area (Å²) in [5, 5.41) is 0.489. The van der Waals surface area contributed by atoms with Crippen molar-refractivity contribution in [2.45, 2.75) is 36.9 Å². The highest BCUT2D eigenvalue weighted by Gasteiger charge is 2.11. The lowest BCUT2D eigenvalue weighted by molar-refractivity contribution is 0.219. The van der Waals surface area contributed by atoms with Gasteiger partial charge < -0.3 is 14.9 Å². The second-order valence-corrected chi connectivity index (χ2v) is 4.88. The van der Waals surface area contributed by atoms with Crippen LogP contribution in [-0.4, -0.2) is 21.1 Å². The lowest BCUT2D eigenvalue weighted by Gasteiger charge is -2.08. The molecule has 2 aromatic heterocycles. The van der Waals surface area contributed by atoms with Crippen LogP contribution in [0.3, 0.4) is 0 Å². The molecule has 6 nitrogen and oxygen atoms in total. The third-order valence-corrected chi connectivity index (χ3v) is 2.97. The molecule has 0 saturated carbocycles. The Bertz CT molecular complexity index is 542. The van der Waals surface area contributed by atoms with Gasteiger partial charge in [-0.1, -0.05) is 0 Å². The molecule has 0 spiro atoms. The van der Waals surface area contributed by atoms with Crippen LogP contribution in [0.5, 0.6) is 6.01 Å². The normalized spacial score (nSPS) is 10.9. The first kappa shape index (κ1) is 12.7. The van der Waals surface area contributed by atoms with Crippen molar-refractivity contribution in [3.63, 3.8) is 0 Å². The monoisotopic (exact) mass is 266 g/mol. The smallest absolute Gasteiger partial charge is 0.322 e. The molecule has 2 heterocycles.